The first-order valence-electron chi connectivity index (χ1n) is 6.58. The minimum atomic E-state index is -0.245. The first-order valence-corrected chi connectivity index (χ1v) is 6.58. The summed E-state index contributed by atoms with van der Waals surface area (Å²) in [4.78, 5) is 2.31. The van der Waals surface area contributed by atoms with Gasteiger partial charge >= 0.3 is 0 Å². The lowest BCUT2D eigenvalue weighted by Crippen LogP contribution is -2.57. The van der Waals surface area contributed by atoms with Crippen LogP contribution >= 0.6 is 0 Å². The predicted molar refractivity (Wildman–Crippen MR) is 70.2 cm³/mol. The zero-order valence-corrected chi connectivity index (χ0v) is 11.9. The lowest BCUT2D eigenvalue weighted by Gasteiger charge is -2.38. The van der Waals surface area contributed by atoms with E-state index in [1.54, 1.807) is 0 Å². The number of ether oxygens (including phenoxy) is 1. The molecule has 0 aromatic carbocycles. The third-order valence-electron chi connectivity index (χ3n) is 3.49. The smallest absolute Gasteiger partial charge is 0.0702 e. The Kier molecular flexibility index (Phi) is 5.38. The molecule has 1 aliphatic rings. The number of likely N-dealkylation sites (N-methyl/N-ethyl adjacent to an activating group) is 1. The Bertz CT molecular complexity index is 235. The summed E-state index contributed by atoms with van der Waals surface area (Å²) >= 11 is 0. The zero-order chi connectivity index (χ0) is 13.1. The van der Waals surface area contributed by atoms with E-state index in [0.29, 0.717) is 18.2 Å². The molecule has 1 saturated heterocycles. The monoisotopic (exact) mass is 244 g/mol. The summed E-state index contributed by atoms with van der Waals surface area (Å²) in [5.74, 6) is 0. The van der Waals surface area contributed by atoms with Crippen molar-refractivity contribution in [3.05, 3.63) is 0 Å². The highest BCUT2D eigenvalue weighted by Gasteiger charge is 2.33. The third kappa shape index (κ3) is 4.21. The fraction of sp³-hybridized carbons (Fsp3) is 1.00. The van der Waals surface area contributed by atoms with E-state index in [4.69, 9.17) is 4.74 Å². The Labute approximate surface area is 105 Å². The molecule has 0 aromatic heterocycles. The Morgan fingerprint density at radius 2 is 2.18 bits per heavy atom. The molecule has 4 heteroatoms. The molecular weight excluding hydrogens is 216 g/mol. The maximum absolute atomic E-state index is 9.57. The summed E-state index contributed by atoms with van der Waals surface area (Å²) in [6.45, 7) is 10.2. The van der Waals surface area contributed by atoms with Gasteiger partial charge in [-0.15, -0.1) is 0 Å². The molecule has 0 amide bonds. The highest BCUT2D eigenvalue weighted by Crippen LogP contribution is 2.20. The maximum Gasteiger partial charge on any atom is 0.0702 e. The molecule has 17 heavy (non-hydrogen) atoms. The maximum atomic E-state index is 9.57. The Morgan fingerprint density at radius 1 is 1.53 bits per heavy atom. The fourth-order valence-electron chi connectivity index (χ4n) is 2.81. The second-order valence-electron chi connectivity index (χ2n) is 5.86. The van der Waals surface area contributed by atoms with Crippen molar-refractivity contribution in [1.82, 2.24) is 10.2 Å². The molecule has 0 aliphatic carbocycles. The van der Waals surface area contributed by atoms with Crippen LogP contribution in [0.5, 0.6) is 0 Å². The van der Waals surface area contributed by atoms with Crippen molar-refractivity contribution in [1.29, 1.82) is 0 Å². The van der Waals surface area contributed by atoms with Crippen LogP contribution in [0.3, 0.4) is 0 Å². The van der Waals surface area contributed by atoms with E-state index in [1.807, 2.05) is 0 Å². The average molecular weight is 244 g/mol. The van der Waals surface area contributed by atoms with Crippen LogP contribution in [0, 0.1) is 0 Å². The van der Waals surface area contributed by atoms with E-state index in [1.165, 1.54) is 0 Å². The fourth-order valence-corrected chi connectivity index (χ4v) is 2.81. The van der Waals surface area contributed by atoms with E-state index >= 15 is 0 Å². The lowest BCUT2D eigenvalue weighted by molar-refractivity contribution is 0.0595. The van der Waals surface area contributed by atoms with Gasteiger partial charge in [0.05, 0.1) is 18.2 Å². The molecule has 0 bridgehead atoms. The number of rotatable bonds is 6. The van der Waals surface area contributed by atoms with Crippen molar-refractivity contribution < 1.29 is 9.84 Å². The number of aliphatic hydroxyl groups is 1. The van der Waals surface area contributed by atoms with Gasteiger partial charge in [0.2, 0.25) is 0 Å². The van der Waals surface area contributed by atoms with Crippen LogP contribution in [0.2, 0.25) is 0 Å². The van der Waals surface area contributed by atoms with E-state index in [0.717, 1.165) is 19.6 Å². The molecule has 0 radical (unpaired) electrons. The molecule has 3 unspecified atom stereocenters. The summed E-state index contributed by atoms with van der Waals surface area (Å²) in [6.07, 6.45) is 1.38. The molecule has 2 N–H and O–H groups in total. The van der Waals surface area contributed by atoms with Crippen molar-refractivity contribution in [2.45, 2.75) is 57.8 Å². The second kappa shape index (κ2) is 6.14. The summed E-state index contributed by atoms with van der Waals surface area (Å²) < 4.78 is 5.59. The molecule has 1 fully saturated rings. The molecule has 1 rings (SSSR count). The lowest BCUT2D eigenvalue weighted by atomic mass is 9.99. The van der Waals surface area contributed by atoms with Gasteiger partial charge in [0, 0.05) is 25.2 Å². The van der Waals surface area contributed by atoms with Crippen molar-refractivity contribution in [3.63, 3.8) is 0 Å². The Hall–Kier alpha value is -0.160. The van der Waals surface area contributed by atoms with Gasteiger partial charge in [0.25, 0.3) is 0 Å². The van der Waals surface area contributed by atoms with E-state index < -0.39 is 0 Å². The number of aliphatic hydroxyl groups excluding tert-OH is 1. The minimum absolute atomic E-state index is 0.150. The highest BCUT2D eigenvalue weighted by molar-refractivity contribution is 4.90. The van der Waals surface area contributed by atoms with Crippen LogP contribution in [0.1, 0.15) is 34.1 Å². The minimum Gasteiger partial charge on any atom is -0.394 e. The first-order chi connectivity index (χ1) is 7.88. The normalized spacial score (nSPS) is 28.9. The van der Waals surface area contributed by atoms with E-state index in [-0.39, 0.29) is 12.1 Å². The zero-order valence-electron chi connectivity index (χ0n) is 11.9. The molecule has 3 atom stereocenters. The quantitative estimate of drug-likeness (QED) is 0.727. The predicted octanol–water partition coefficient (Wildman–Crippen LogP) is 0.845. The molecule has 102 valence electrons. The Balaban J connectivity index is 2.54. The van der Waals surface area contributed by atoms with Crippen LogP contribution in [0.4, 0.5) is 0 Å². The molecule has 0 saturated carbocycles. The topological polar surface area (TPSA) is 44.7 Å². The van der Waals surface area contributed by atoms with Crippen LogP contribution in [0.25, 0.3) is 0 Å². The molecule has 1 aliphatic heterocycles. The van der Waals surface area contributed by atoms with Gasteiger partial charge in [-0.2, -0.15) is 0 Å². The van der Waals surface area contributed by atoms with Gasteiger partial charge in [-0.1, -0.05) is 13.8 Å². The van der Waals surface area contributed by atoms with Crippen LogP contribution in [-0.4, -0.2) is 60.5 Å². The Morgan fingerprint density at radius 3 is 2.59 bits per heavy atom. The summed E-state index contributed by atoms with van der Waals surface area (Å²) in [5, 5.41) is 13.0. The van der Waals surface area contributed by atoms with Crippen molar-refractivity contribution in [3.8, 4) is 0 Å². The number of hydrogen-bond donors (Lipinski definition) is 2. The van der Waals surface area contributed by atoms with Crippen molar-refractivity contribution >= 4 is 0 Å². The molecule has 4 nitrogen and oxygen atoms in total. The van der Waals surface area contributed by atoms with Crippen molar-refractivity contribution in [2.24, 2.45) is 0 Å². The molecule has 0 aromatic rings. The number of hydrogen-bond acceptors (Lipinski definition) is 4. The highest BCUT2D eigenvalue weighted by atomic mass is 16.5. The SMILES string of the molecule is CC(C)NC(C)(CO)CN(C)C1CCOC1C. The third-order valence-corrected chi connectivity index (χ3v) is 3.49. The van der Waals surface area contributed by atoms with Gasteiger partial charge in [0.15, 0.2) is 0 Å². The van der Waals surface area contributed by atoms with Crippen LogP contribution in [0.15, 0.2) is 0 Å². The van der Waals surface area contributed by atoms with Gasteiger partial charge < -0.3 is 15.2 Å². The van der Waals surface area contributed by atoms with Crippen LogP contribution < -0.4 is 5.32 Å². The van der Waals surface area contributed by atoms with Gasteiger partial charge in [0.1, 0.15) is 0 Å². The number of nitrogens with zero attached hydrogens (tertiary/aromatic N) is 1. The molecular formula is C13H28N2O2. The van der Waals surface area contributed by atoms with Crippen LogP contribution in [-0.2, 0) is 4.74 Å². The van der Waals surface area contributed by atoms with Gasteiger partial charge in [-0.25, -0.2) is 0 Å². The largest absolute Gasteiger partial charge is 0.394 e. The summed E-state index contributed by atoms with van der Waals surface area (Å²) in [7, 11) is 2.12. The second-order valence-corrected chi connectivity index (χ2v) is 5.86. The number of nitrogens with one attached hydrogen (secondary N) is 1. The molecule has 1 heterocycles. The van der Waals surface area contributed by atoms with E-state index in [9.17, 15) is 5.11 Å². The van der Waals surface area contributed by atoms with E-state index in [2.05, 4.69) is 45.0 Å². The summed E-state index contributed by atoms with van der Waals surface area (Å²) in [6, 6.07) is 0.840. The van der Waals surface area contributed by atoms with Gasteiger partial charge in [-0.3, -0.25) is 4.90 Å². The standard InChI is InChI=1S/C13H28N2O2/c1-10(2)14-13(4,9-16)8-15(5)12-6-7-17-11(12)3/h10-12,14,16H,6-9H2,1-5H3. The molecule has 0 spiro atoms. The van der Waals surface area contributed by atoms with Crippen molar-refractivity contribution in [2.75, 3.05) is 26.8 Å². The summed E-state index contributed by atoms with van der Waals surface area (Å²) in [5.41, 5.74) is -0.245. The average Bonchev–Trinajstić information content (AvgIpc) is 2.63. The van der Waals surface area contributed by atoms with Gasteiger partial charge in [-0.05, 0) is 27.3 Å². The first kappa shape index (κ1) is 14.9.